The van der Waals surface area contributed by atoms with Gasteiger partial charge in [0.25, 0.3) is 0 Å². The van der Waals surface area contributed by atoms with Crippen molar-refractivity contribution in [3.8, 4) is 0 Å². The topological polar surface area (TPSA) is 60.2 Å². The van der Waals surface area contributed by atoms with Crippen LogP contribution in [0.25, 0.3) is 0 Å². The smallest absolute Gasteiger partial charge is 0.150 e. The summed E-state index contributed by atoms with van der Waals surface area (Å²) in [5.41, 5.74) is 5.38. The van der Waals surface area contributed by atoms with Gasteiger partial charge < -0.3 is 22.6 Å². The van der Waals surface area contributed by atoms with Crippen LogP contribution in [-0.2, 0) is 9.84 Å². The lowest BCUT2D eigenvalue weighted by Gasteiger charge is -2.23. The molecule has 7 heteroatoms. The van der Waals surface area contributed by atoms with E-state index in [0.29, 0.717) is 6.42 Å². The van der Waals surface area contributed by atoms with Crippen LogP contribution < -0.4 is 18.1 Å². The van der Waals surface area contributed by atoms with Crippen LogP contribution in [0.1, 0.15) is 26.7 Å². The molecule has 0 aliphatic heterocycles. The summed E-state index contributed by atoms with van der Waals surface area (Å²) in [6, 6.07) is 0. The highest BCUT2D eigenvalue weighted by atomic mass is 35.5. The molecule has 0 bridgehead atoms. The molecule has 0 aromatic heterocycles. The summed E-state index contributed by atoms with van der Waals surface area (Å²) >= 11 is 0. The molecule has 4 nitrogen and oxygen atoms in total. The number of hydrogen-bond acceptors (Lipinski definition) is 3. The Morgan fingerprint density at radius 3 is 1.89 bits per heavy atom. The first-order chi connectivity index (χ1) is 6.91. The number of nitrogens with two attached hydrogens (primary N) is 1. The fourth-order valence-electron chi connectivity index (χ4n) is 1.28. The van der Waals surface area contributed by atoms with Crippen LogP contribution in [0.5, 0.6) is 0 Å². The molecule has 0 spiro atoms. The van der Waals surface area contributed by atoms with Crippen molar-refractivity contribution in [2.45, 2.75) is 32.2 Å². The first-order valence-corrected chi connectivity index (χ1v) is 7.53. The third kappa shape index (κ3) is 16.4. The molecule has 0 aliphatic rings. The van der Waals surface area contributed by atoms with Gasteiger partial charge in [0.1, 0.15) is 0 Å². The molecule has 0 aliphatic carbocycles. The van der Waals surface area contributed by atoms with Gasteiger partial charge in [-0.1, -0.05) is 0 Å². The van der Waals surface area contributed by atoms with E-state index in [0.717, 1.165) is 17.4 Å². The van der Waals surface area contributed by atoms with Gasteiger partial charge in [-0.3, -0.25) is 0 Å². The molecule has 0 radical (unpaired) electrons. The zero-order chi connectivity index (χ0) is 13.0. The van der Waals surface area contributed by atoms with Gasteiger partial charge in [0.2, 0.25) is 0 Å². The minimum atomic E-state index is -2.93. The third-order valence-corrected chi connectivity index (χ3v) is 4.08. The van der Waals surface area contributed by atoms with Crippen molar-refractivity contribution in [2.24, 2.45) is 5.73 Å². The summed E-state index contributed by atoms with van der Waals surface area (Å²) in [5.74, 6) is 0.478. The molecular formula is C11H28Cl2N2O2S. The number of hydrogen-bond donors (Lipinski definition) is 1. The summed E-state index contributed by atoms with van der Waals surface area (Å²) < 4.78 is 24.2. The zero-order valence-electron chi connectivity index (χ0n) is 12.1. The maximum absolute atomic E-state index is 11.7. The summed E-state index contributed by atoms with van der Waals surface area (Å²) in [5, 5.41) is 0. The normalized spacial score (nSPS) is 12.6. The van der Waals surface area contributed by atoms with Crippen molar-refractivity contribution in [1.82, 2.24) is 0 Å². The minimum absolute atomic E-state index is 0. The Hall–Kier alpha value is 0.450. The van der Waals surface area contributed by atoms with Gasteiger partial charge in [0.05, 0.1) is 39.2 Å². The standard InChI is InChI=1S/C11H27N2O2S.2ClH/c1-11(2,12)7-10-16(14,15)9-6-8-13(3,4)5;;/h6-10,12H2,1-5H3;2*1H/q+1;;/p-1. The van der Waals surface area contributed by atoms with Crippen LogP contribution in [0, 0.1) is 0 Å². The van der Waals surface area contributed by atoms with E-state index in [1.54, 1.807) is 0 Å². The van der Waals surface area contributed by atoms with E-state index in [-0.39, 0.29) is 36.3 Å². The molecule has 0 aromatic rings. The molecule has 18 heavy (non-hydrogen) atoms. The Kier molecular flexibility index (Phi) is 11.2. The van der Waals surface area contributed by atoms with Gasteiger partial charge in [-0.05, 0) is 20.3 Å². The maximum Gasteiger partial charge on any atom is 0.150 e. The maximum atomic E-state index is 11.7. The second kappa shape index (κ2) is 8.59. The molecule has 0 saturated carbocycles. The molecule has 0 aromatic carbocycles. The predicted octanol–water partition coefficient (Wildman–Crippen LogP) is -1.95. The van der Waals surface area contributed by atoms with Crippen LogP contribution in [-0.4, -0.2) is 57.6 Å². The average Bonchev–Trinajstić information content (AvgIpc) is 1.97. The van der Waals surface area contributed by atoms with E-state index in [2.05, 4.69) is 21.1 Å². The molecule has 0 unspecified atom stereocenters. The third-order valence-electron chi connectivity index (χ3n) is 2.34. The van der Waals surface area contributed by atoms with E-state index < -0.39 is 15.4 Å². The van der Waals surface area contributed by atoms with Crippen LogP contribution in [0.4, 0.5) is 0 Å². The van der Waals surface area contributed by atoms with Gasteiger partial charge in [0, 0.05) is 12.0 Å². The van der Waals surface area contributed by atoms with Crippen molar-refractivity contribution in [1.29, 1.82) is 0 Å². The first-order valence-electron chi connectivity index (χ1n) is 5.71. The highest BCUT2D eigenvalue weighted by Crippen LogP contribution is 2.08. The number of quaternary nitrogens is 1. The number of nitrogens with zero attached hydrogens (tertiary/aromatic N) is 1. The van der Waals surface area contributed by atoms with Crippen molar-refractivity contribution >= 4 is 22.2 Å². The molecule has 0 amide bonds. The fraction of sp³-hybridized carbons (Fsp3) is 1.00. The van der Waals surface area contributed by atoms with Gasteiger partial charge in [-0.25, -0.2) is 8.42 Å². The van der Waals surface area contributed by atoms with Gasteiger partial charge in [-0.15, -0.1) is 12.4 Å². The van der Waals surface area contributed by atoms with Gasteiger partial charge >= 0.3 is 0 Å². The van der Waals surface area contributed by atoms with Crippen molar-refractivity contribution in [3.63, 3.8) is 0 Å². The lowest BCUT2D eigenvalue weighted by molar-refractivity contribution is -0.870. The lowest BCUT2D eigenvalue weighted by Crippen LogP contribution is -3.00. The fourth-order valence-corrected chi connectivity index (χ4v) is 2.89. The highest BCUT2D eigenvalue weighted by molar-refractivity contribution is 7.91. The molecule has 0 heterocycles. The van der Waals surface area contributed by atoms with E-state index in [1.807, 2.05) is 13.8 Å². The Bertz CT molecular complexity index is 306. The summed E-state index contributed by atoms with van der Waals surface area (Å²) in [6.45, 7) is 4.59. The van der Waals surface area contributed by atoms with Crippen LogP contribution in [0.15, 0.2) is 0 Å². The summed E-state index contributed by atoms with van der Waals surface area (Å²) in [6.07, 6.45) is 1.25. The minimum Gasteiger partial charge on any atom is -1.00 e. The second-order valence-corrected chi connectivity index (χ2v) is 8.56. The van der Waals surface area contributed by atoms with E-state index in [1.165, 1.54) is 0 Å². The Balaban J connectivity index is -0.00000112. The van der Waals surface area contributed by atoms with Crippen LogP contribution in [0.2, 0.25) is 0 Å². The molecule has 0 atom stereocenters. The summed E-state index contributed by atoms with van der Waals surface area (Å²) in [4.78, 5) is 0. The van der Waals surface area contributed by atoms with Gasteiger partial charge in [0.15, 0.2) is 9.84 Å². The number of halogens is 2. The largest absolute Gasteiger partial charge is 1.00 e. The monoisotopic (exact) mass is 322 g/mol. The average molecular weight is 323 g/mol. The van der Waals surface area contributed by atoms with Crippen molar-refractivity contribution < 1.29 is 25.3 Å². The molecule has 2 N–H and O–H groups in total. The van der Waals surface area contributed by atoms with E-state index in [9.17, 15) is 8.42 Å². The van der Waals surface area contributed by atoms with Crippen molar-refractivity contribution in [2.75, 3.05) is 39.2 Å². The molecule has 0 fully saturated rings. The number of sulfone groups is 1. The Morgan fingerprint density at radius 1 is 1.11 bits per heavy atom. The van der Waals surface area contributed by atoms with Gasteiger partial charge in [-0.2, -0.15) is 0 Å². The van der Waals surface area contributed by atoms with Crippen LogP contribution >= 0.6 is 12.4 Å². The first kappa shape index (κ1) is 23.5. The molecule has 0 rings (SSSR count). The van der Waals surface area contributed by atoms with E-state index in [4.69, 9.17) is 5.73 Å². The SMILES string of the molecule is CC(C)(N)CCS(=O)(=O)CCC[N+](C)(C)C.Cl.[Cl-]. The second-order valence-electron chi connectivity index (χ2n) is 6.26. The van der Waals surface area contributed by atoms with E-state index >= 15 is 0 Å². The molecular weight excluding hydrogens is 295 g/mol. The summed E-state index contributed by atoms with van der Waals surface area (Å²) in [7, 11) is 3.27. The quantitative estimate of drug-likeness (QED) is 0.554. The molecule has 114 valence electrons. The van der Waals surface area contributed by atoms with Crippen LogP contribution in [0.3, 0.4) is 0 Å². The molecule has 0 saturated heterocycles. The Morgan fingerprint density at radius 2 is 1.56 bits per heavy atom. The highest BCUT2D eigenvalue weighted by Gasteiger charge is 2.18. The zero-order valence-corrected chi connectivity index (χ0v) is 14.5. The Labute approximate surface area is 125 Å². The van der Waals surface area contributed by atoms with Crippen molar-refractivity contribution in [3.05, 3.63) is 0 Å². The predicted molar refractivity (Wildman–Crippen MR) is 76.3 cm³/mol. The number of rotatable bonds is 7. The lowest BCUT2D eigenvalue weighted by atomic mass is 10.0.